The summed E-state index contributed by atoms with van der Waals surface area (Å²) in [4.78, 5) is 15.3. The van der Waals surface area contributed by atoms with Gasteiger partial charge in [-0.25, -0.2) is 0 Å². The molecule has 2 aromatic rings. The third-order valence-electron chi connectivity index (χ3n) is 5.22. The Labute approximate surface area is 201 Å². The third kappa shape index (κ3) is 7.07. The Morgan fingerprint density at radius 1 is 0.939 bits per heavy atom. The van der Waals surface area contributed by atoms with Gasteiger partial charge in [0.1, 0.15) is 0 Å². The van der Waals surface area contributed by atoms with Crippen molar-refractivity contribution in [1.82, 2.24) is 10.2 Å². The number of amides is 1. The van der Waals surface area contributed by atoms with Crippen LogP contribution in [-0.4, -0.2) is 48.8 Å². The van der Waals surface area contributed by atoms with E-state index in [1.54, 1.807) is 12.1 Å². The smallest absolute Gasteiger partial charge is 0.257 e. The highest BCUT2D eigenvalue weighted by atomic mass is 32.1. The Kier molecular flexibility index (Phi) is 9.33. The van der Waals surface area contributed by atoms with E-state index >= 15 is 0 Å². The molecule has 33 heavy (non-hydrogen) atoms. The van der Waals surface area contributed by atoms with Crippen molar-refractivity contribution in [2.75, 3.05) is 38.2 Å². The standard InChI is InChI=1S/C25H33N3O4S/c1-4-30-21-15-19(16-22(31-5-2)23(21)32-6-3)24(29)27-25(33)26-20-11-9-18(10-12-20)17-28-13-7-8-14-28/h9-12,15-16H,4-8,13-14,17H2,1-3H3,(H2,26,27,29,33). The summed E-state index contributed by atoms with van der Waals surface area (Å²) < 4.78 is 17.1. The quantitative estimate of drug-likeness (QED) is 0.491. The molecular weight excluding hydrogens is 438 g/mol. The molecule has 1 aliphatic heterocycles. The first-order valence-corrected chi connectivity index (χ1v) is 11.9. The number of nitrogens with zero attached hydrogens (tertiary/aromatic N) is 1. The molecule has 1 fully saturated rings. The zero-order valence-electron chi connectivity index (χ0n) is 19.6. The molecule has 0 saturated carbocycles. The zero-order valence-corrected chi connectivity index (χ0v) is 20.4. The molecule has 0 spiro atoms. The fraction of sp³-hybridized carbons (Fsp3) is 0.440. The minimum atomic E-state index is -0.358. The highest BCUT2D eigenvalue weighted by Gasteiger charge is 2.19. The SMILES string of the molecule is CCOc1cc(C(=O)NC(=S)Nc2ccc(CN3CCCC3)cc2)cc(OCC)c1OCC. The average molecular weight is 472 g/mol. The lowest BCUT2D eigenvalue weighted by Crippen LogP contribution is -2.34. The van der Waals surface area contributed by atoms with E-state index in [9.17, 15) is 4.79 Å². The topological polar surface area (TPSA) is 72.1 Å². The first kappa shape index (κ1) is 24.8. The molecule has 1 amide bonds. The molecule has 0 bridgehead atoms. The summed E-state index contributed by atoms with van der Waals surface area (Å²) in [5, 5.41) is 6.02. The molecule has 8 heteroatoms. The first-order valence-electron chi connectivity index (χ1n) is 11.5. The van der Waals surface area contributed by atoms with Crippen LogP contribution in [-0.2, 0) is 6.54 Å². The second-order valence-corrected chi connectivity index (χ2v) is 8.10. The van der Waals surface area contributed by atoms with Crippen molar-refractivity contribution in [3.8, 4) is 17.2 Å². The van der Waals surface area contributed by atoms with Crippen LogP contribution in [0.2, 0.25) is 0 Å². The zero-order chi connectivity index (χ0) is 23.6. The Morgan fingerprint density at radius 3 is 2.06 bits per heavy atom. The van der Waals surface area contributed by atoms with Crippen molar-refractivity contribution in [3.05, 3.63) is 47.5 Å². The number of benzene rings is 2. The van der Waals surface area contributed by atoms with Crippen LogP contribution in [0.3, 0.4) is 0 Å². The number of carbonyl (C=O) groups excluding carboxylic acids is 1. The van der Waals surface area contributed by atoms with Crippen LogP contribution in [0, 0.1) is 0 Å². The van der Waals surface area contributed by atoms with Crippen molar-refractivity contribution in [2.45, 2.75) is 40.2 Å². The molecule has 2 N–H and O–H groups in total. The fourth-order valence-electron chi connectivity index (χ4n) is 3.75. The fourth-order valence-corrected chi connectivity index (χ4v) is 3.96. The lowest BCUT2D eigenvalue weighted by Gasteiger charge is -2.17. The van der Waals surface area contributed by atoms with Crippen LogP contribution in [0.25, 0.3) is 0 Å². The minimum Gasteiger partial charge on any atom is -0.490 e. The number of thiocarbonyl (C=S) groups is 1. The number of ether oxygens (including phenoxy) is 3. The predicted octanol–water partition coefficient (Wildman–Crippen LogP) is 4.61. The highest BCUT2D eigenvalue weighted by molar-refractivity contribution is 7.80. The lowest BCUT2D eigenvalue weighted by molar-refractivity contribution is 0.0976. The normalized spacial score (nSPS) is 13.4. The van der Waals surface area contributed by atoms with Crippen LogP contribution >= 0.6 is 12.2 Å². The second-order valence-electron chi connectivity index (χ2n) is 7.69. The third-order valence-corrected chi connectivity index (χ3v) is 5.42. The summed E-state index contributed by atoms with van der Waals surface area (Å²) in [6, 6.07) is 11.4. The van der Waals surface area contributed by atoms with Gasteiger partial charge in [0, 0.05) is 17.8 Å². The monoisotopic (exact) mass is 471 g/mol. The summed E-state index contributed by atoms with van der Waals surface area (Å²) in [5.41, 5.74) is 2.45. The summed E-state index contributed by atoms with van der Waals surface area (Å²) in [6.45, 7) is 10.2. The van der Waals surface area contributed by atoms with Crippen LogP contribution < -0.4 is 24.8 Å². The predicted molar refractivity (Wildman–Crippen MR) is 135 cm³/mol. The molecule has 178 valence electrons. The van der Waals surface area contributed by atoms with Crippen molar-refractivity contribution < 1.29 is 19.0 Å². The summed E-state index contributed by atoms with van der Waals surface area (Å²) in [7, 11) is 0. The average Bonchev–Trinajstić information content (AvgIpc) is 3.30. The summed E-state index contributed by atoms with van der Waals surface area (Å²) >= 11 is 5.36. The van der Waals surface area contributed by atoms with Gasteiger partial charge in [-0.2, -0.15) is 0 Å². The van der Waals surface area contributed by atoms with Crippen molar-refractivity contribution in [2.24, 2.45) is 0 Å². The molecule has 0 aliphatic carbocycles. The van der Waals surface area contributed by atoms with E-state index < -0.39 is 0 Å². The molecule has 0 radical (unpaired) electrons. The van der Waals surface area contributed by atoms with Gasteiger partial charge < -0.3 is 19.5 Å². The van der Waals surface area contributed by atoms with Gasteiger partial charge in [-0.1, -0.05) is 12.1 Å². The van der Waals surface area contributed by atoms with Gasteiger partial charge in [0.05, 0.1) is 19.8 Å². The number of rotatable bonds is 10. The molecule has 0 aromatic heterocycles. The first-order chi connectivity index (χ1) is 16.0. The van der Waals surface area contributed by atoms with E-state index in [0.29, 0.717) is 42.6 Å². The Morgan fingerprint density at radius 2 is 1.52 bits per heavy atom. The number of hydrogen-bond donors (Lipinski definition) is 2. The van der Waals surface area contributed by atoms with Crippen molar-refractivity contribution >= 4 is 28.9 Å². The highest BCUT2D eigenvalue weighted by Crippen LogP contribution is 2.39. The summed E-state index contributed by atoms with van der Waals surface area (Å²) in [6.07, 6.45) is 2.56. The van der Waals surface area contributed by atoms with E-state index in [-0.39, 0.29) is 11.0 Å². The van der Waals surface area contributed by atoms with Gasteiger partial charge in [-0.3, -0.25) is 15.0 Å². The molecule has 2 aromatic carbocycles. The Bertz CT molecular complexity index is 916. The lowest BCUT2D eigenvalue weighted by atomic mass is 10.1. The van der Waals surface area contributed by atoms with E-state index in [1.165, 1.54) is 18.4 Å². The van der Waals surface area contributed by atoms with Crippen LogP contribution in [0.15, 0.2) is 36.4 Å². The number of carbonyl (C=O) groups is 1. The molecule has 1 heterocycles. The molecule has 0 unspecified atom stereocenters. The maximum atomic E-state index is 12.9. The van der Waals surface area contributed by atoms with Gasteiger partial charge in [0.2, 0.25) is 5.75 Å². The number of likely N-dealkylation sites (tertiary alicyclic amines) is 1. The van der Waals surface area contributed by atoms with E-state index in [2.05, 4.69) is 27.7 Å². The van der Waals surface area contributed by atoms with Crippen LogP contribution in [0.1, 0.15) is 49.5 Å². The van der Waals surface area contributed by atoms with Crippen LogP contribution in [0.5, 0.6) is 17.2 Å². The molecule has 0 atom stereocenters. The largest absolute Gasteiger partial charge is 0.490 e. The van der Waals surface area contributed by atoms with Gasteiger partial charge in [-0.05, 0) is 88.7 Å². The number of nitrogens with one attached hydrogen (secondary N) is 2. The van der Waals surface area contributed by atoms with Gasteiger partial charge in [0.15, 0.2) is 16.6 Å². The van der Waals surface area contributed by atoms with Crippen molar-refractivity contribution in [3.63, 3.8) is 0 Å². The van der Waals surface area contributed by atoms with E-state index in [1.807, 2.05) is 32.9 Å². The van der Waals surface area contributed by atoms with E-state index in [4.69, 9.17) is 26.4 Å². The second kappa shape index (κ2) is 12.4. The number of anilines is 1. The maximum Gasteiger partial charge on any atom is 0.257 e. The molecule has 1 saturated heterocycles. The van der Waals surface area contributed by atoms with Gasteiger partial charge >= 0.3 is 0 Å². The Balaban J connectivity index is 1.65. The Hall–Kier alpha value is -2.84. The minimum absolute atomic E-state index is 0.220. The maximum absolute atomic E-state index is 12.9. The molecule has 1 aliphatic rings. The van der Waals surface area contributed by atoms with Gasteiger partial charge in [-0.15, -0.1) is 0 Å². The van der Waals surface area contributed by atoms with Crippen LogP contribution in [0.4, 0.5) is 5.69 Å². The summed E-state index contributed by atoms with van der Waals surface area (Å²) in [5.74, 6) is 1.06. The molecular formula is C25H33N3O4S. The number of hydrogen-bond acceptors (Lipinski definition) is 6. The van der Waals surface area contributed by atoms with Gasteiger partial charge in [0.25, 0.3) is 5.91 Å². The molecule has 3 rings (SSSR count). The van der Waals surface area contributed by atoms with E-state index in [0.717, 1.165) is 25.3 Å². The molecule has 7 nitrogen and oxygen atoms in total. The van der Waals surface area contributed by atoms with Crippen molar-refractivity contribution in [1.29, 1.82) is 0 Å².